The van der Waals surface area contributed by atoms with Gasteiger partial charge in [-0.15, -0.1) is 0 Å². The number of benzene rings is 4. The molecule has 0 unspecified atom stereocenters. The first-order valence-electron chi connectivity index (χ1n) is 10.5. The van der Waals surface area contributed by atoms with E-state index in [1.165, 1.54) is 12.1 Å². The van der Waals surface area contributed by atoms with E-state index in [1.807, 2.05) is 24.3 Å². The molecule has 0 aliphatic rings. The third kappa shape index (κ3) is 2.47. The van der Waals surface area contributed by atoms with Gasteiger partial charge in [-0.05, 0) is 54.7 Å². The molecule has 0 spiro atoms. The van der Waals surface area contributed by atoms with Crippen LogP contribution in [0.3, 0.4) is 0 Å². The second-order valence-electron chi connectivity index (χ2n) is 8.87. The first kappa shape index (κ1) is 18.3. The minimum atomic E-state index is -0.550. The van der Waals surface area contributed by atoms with Gasteiger partial charge in [-0.3, -0.25) is 9.59 Å². The molecule has 6 rings (SSSR count). The molecule has 0 saturated carbocycles. The smallest absolute Gasteiger partial charge is 0.190 e. The van der Waals surface area contributed by atoms with Gasteiger partial charge in [0.2, 0.25) is 0 Å². The summed E-state index contributed by atoms with van der Waals surface area (Å²) < 4.78 is 12.4. The van der Waals surface area contributed by atoms with Gasteiger partial charge in [0.25, 0.3) is 0 Å². The van der Waals surface area contributed by atoms with Crippen molar-refractivity contribution >= 4 is 54.6 Å². The van der Waals surface area contributed by atoms with E-state index >= 15 is 0 Å². The lowest BCUT2D eigenvalue weighted by atomic mass is 9.92. The Morgan fingerprint density at radius 2 is 1.23 bits per heavy atom. The van der Waals surface area contributed by atoms with Crippen LogP contribution in [0.4, 0.5) is 0 Å². The maximum Gasteiger partial charge on any atom is 0.190 e. The topological polar surface area (TPSA) is 80.7 Å². The van der Waals surface area contributed by atoms with E-state index < -0.39 is 6.10 Å². The summed E-state index contributed by atoms with van der Waals surface area (Å²) in [6.45, 7) is 5.83. The van der Waals surface area contributed by atoms with E-state index in [9.17, 15) is 14.7 Å². The van der Waals surface area contributed by atoms with Crippen LogP contribution in [0.25, 0.3) is 54.6 Å². The summed E-state index contributed by atoms with van der Waals surface area (Å²) in [6.07, 6.45) is -0.148. The number of hydrogen-bond donors (Lipinski definition) is 1. The maximum absolute atomic E-state index is 13.0. The van der Waals surface area contributed by atoms with Gasteiger partial charge in [0.05, 0.1) is 6.10 Å². The van der Waals surface area contributed by atoms with E-state index in [1.54, 1.807) is 6.92 Å². The molecule has 6 aromatic rings. The number of rotatable bonds is 3. The minimum absolute atomic E-state index is 0.121. The third-order valence-electron chi connectivity index (χ3n) is 6.22. The highest BCUT2D eigenvalue weighted by Gasteiger charge is 2.23. The molecule has 5 heteroatoms. The molecule has 0 saturated heterocycles. The first-order chi connectivity index (χ1) is 14.8. The largest absolute Gasteiger partial charge is 0.456 e. The molecule has 2 heterocycles. The van der Waals surface area contributed by atoms with E-state index in [4.69, 9.17) is 8.83 Å². The highest BCUT2D eigenvalue weighted by molar-refractivity contribution is 6.31. The van der Waals surface area contributed by atoms with E-state index in [-0.39, 0.29) is 16.8 Å². The Bertz CT molecular complexity index is 1750. The van der Waals surface area contributed by atoms with Crippen LogP contribution < -0.4 is 10.9 Å². The van der Waals surface area contributed by atoms with Gasteiger partial charge < -0.3 is 13.9 Å². The number of hydrogen-bond acceptors (Lipinski definition) is 5. The summed E-state index contributed by atoms with van der Waals surface area (Å²) >= 11 is 0. The normalized spacial score (nSPS) is 13.7. The predicted octanol–water partition coefficient (Wildman–Crippen LogP) is 5.28. The summed E-state index contributed by atoms with van der Waals surface area (Å²) in [5.74, 6) is 0.225. The fourth-order valence-electron chi connectivity index (χ4n) is 4.85. The van der Waals surface area contributed by atoms with Gasteiger partial charge >= 0.3 is 0 Å². The van der Waals surface area contributed by atoms with Crippen LogP contribution in [-0.4, -0.2) is 11.2 Å². The Morgan fingerprint density at radius 3 is 1.77 bits per heavy atom. The zero-order chi connectivity index (χ0) is 21.6. The third-order valence-corrected chi connectivity index (χ3v) is 6.22. The van der Waals surface area contributed by atoms with Gasteiger partial charge in [0, 0.05) is 44.5 Å². The number of aliphatic hydroxyl groups excluding tert-OH is 1. The van der Waals surface area contributed by atoms with Crippen molar-refractivity contribution in [3.05, 3.63) is 68.0 Å². The van der Waals surface area contributed by atoms with Crippen molar-refractivity contribution in [1.29, 1.82) is 0 Å². The molecule has 154 valence electrons. The molecular weight excluding hydrogens is 392 g/mol. The Labute approximate surface area is 176 Å². The van der Waals surface area contributed by atoms with Gasteiger partial charge in [-0.2, -0.15) is 0 Å². The van der Waals surface area contributed by atoms with Crippen LogP contribution in [0.5, 0.6) is 0 Å². The van der Waals surface area contributed by atoms with E-state index in [0.29, 0.717) is 44.9 Å². The van der Waals surface area contributed by atoms with Crippen LogP contribution in [0.2, 0.25) is 0 Å². The summed E-state index contributed by atoms with van der Waals surface area (Å²) in [5, 5.41) is 14.0. The molecule has 0 fully saturated rings. The summed E-state index contributed by atoms with van der Waals surface area (Å²) in [5.41, 5.74) is 3.59. The van der Waals surface area contributed by atoms with Crippen LogP contribution in [0, 0.1) is 0 Å². The van der Waals surface area contributed by atoms with Crippen molar-refractivity contribution < 1.29 is 13.9 Å². The average Bonchev–Trinajstić information content (AvgIpc) is 2.70. The van der Waals surface area contributed by atoms with Crippen molar-refractivity contribution in [2.75, 3.05) is 0 Å². The van der Waals surface area contributed by atoms with Crippen molar-refractivity contribution in [3.8, 4) is 0 Å². The maximum atomic E-state index is 13.0. The van der Waals surface area contributed by atoms with Gasteiger partial charge in [0.15, 0.2) is 10.9 Å². The first-order valence-corrected chi connectivity index (χ1v) is 10.5. The minimum Gasteiger partial charge on any atom is -0.456 e. The van der Waals surface area contributed by atoms with Crippen LogP contribution in [0.1, 0.15) is 37.8 Å². The molecule has 0 bridgehead atoms. The van der Waals surface area contributed by atoms with Crippen LogP contribution >= 0.6 is 0 Å². The van der Waals surface area contributed by atoms with Crippen molar-refractivity contribution in [1.82, 2.24) is 0 Å². The molecule has 0 aliphatic heterocycles. The van der Waals surface area contributed by atoms with Crippen molar-refractivity contribution in [2.45, 2.75) is 39.2 Å². The lowest BCUT2D eigenvalue weighted by Gasteiger charge is -2.17. The zero-order valence-corrected chi connectivity index (χ0v) is 17.4. The Hall–Kier alpha value is -3.44. The van der Waals surface area contributed by atoms with Crippen LogP contribution in [-0.2, 0) is 6.42 Å². The molecule has 2 aromatic heterocycles. The van der Waals surface area contributed by atoms with Crippen LogP contribution in [0.15, 0.2) is 54.8 Å². The Kier molecular flexibility index (Phi) is 3.58. The quantitative estimate of drug-likeness (QED) is 0.316. The Morgan fingerprint density at radius 1 is 0.710 bits per heavy atom. The summed E-state index contributed by atoms with van der Waals surface area (Å²) in [4.78, 5) is 26.0. The molecule has 4 aromatic carbocycles. The molecule has 1 N–H and O–H groups in total. The molecule has 5 nitrogen and oxygen atoms in total. The van der Waals surface area contributed by atoms with Crippen molar-refractivity contribution in [3.63, 3.8) is 0 Å². The monoisotopic (exact) mass is 412 g/mol. The SMILES string of the molecule is CC(C)c1cc2oc3cc(=O)c4cc(C[C@H](C)O)cc5oc6cc(=O)c(c1)c2c6c3c54. The molecule has 31 heavy (non-hydrogen) atoms. The molecular formula is C26H20O5. The average molecular weight is 412 g/mol. The van der Waals surface area contributed by atoms with Gasteiger partial charge in [0.1, 0.15) is 22.3 Å². The highest BCUT2D eigenvalue weighted by atomic mass is 16.3. The van der Waals surface area contributed by atoms with E-state index in [2.05, 4.69) is 13.8 Å². The molecule has 0 radical (unpaired) electrons. The zero-order valence-electron chi connectivity index (χ0n) is 17.4. The molecule has 1 atom stereocenters. The lowest BCUT2D eigenvalue weighted by Crippen LogP contribution is -2.08. The summed E-state index contributed by atoms with van der Waals surface area (Å²) in [7, 11) is 0. The van der Waals surface area contributed by atoms with Gasteiger partial charge in [-0.1, -0.05) is 13.8 Å². The fraction of sp³-hybridized carbons (Fsp3) is 0.231. The van der Waals surface area contributed by atoms with Crippen molar-refractivity contribution in [2.24, 2.45) is 0 Å². The molecule has 0 amide bonds. The second-order valence-corrected chi connectivity index (χ2v) is 8.87. The van der Waals surface area contributed by atoms with E-state index in [0.717, 1.165) is 27.3 Å². The lowest BCUT2D eigenvalue weighted by molar-refractivity contribution is 0.195. The highest BCUT2D eigenvalue weighted by Crippen LogP contribution is 2.42. The fourth-order valence-corrected chi connectivity index (χ4v) is 4.85. The molecule has 0 aliphatic carbocycles. The predicted molar refractivity (Wildman–Crippen MR) is 123 cm³/mol. The summed E-state index contributed by atoms with van der Waals surface area (Å²) in [6, 6.07) is 10.6. The second kappa shape index (κ2) is 6.05. The number of aliphatic hydroxyl groups is 1. The Balaban J connectivity index is 1.90. The van der Waals surface area contributed by atoms with Gasteiger partial charge in [-0.25, -0.2) is 0 Å². The standard InChI is InChI=1S/C26H20O5/c1-11(2)14-7-16-18(29)10-21-26-24(16)20(8-14)31-22-9-17(28)15-5-13(4-12(3)27)6-19(30-21)23(15)25(22)26/h5-12,27H,4H2,1-3H3/t12-/m0/s1.